The van der Waals surface area contributed by atoms with Gasteiger partial charge in [-0.15, -0.1) is 12.4 Å². The largest absolute Gasteiger partial charge is 0.353 e. The minimum absolute atomic E-state index is 0. The molecule has 0 spiro atoms. The molecule has 0 aromatic heterocycles. The van der Waals surface area contributed by atoms with Crippen LogP contribution in [0.25, 0.3) is 0 Å². The van der Waals surface area contributed by atoms with Gasteiger partial charge in [0.25, 0.3) is 0 Å². The standard InChI is InChI=1S/C16H27N3O2.ClH/c1-11(18-16(21)12-4-2-3-5-12)6-15(20)19-9-13-7-17-8-14(13)10-19;/h11-14,17H,2-10H2,1H3,(H,18,21);1H/t11?,13-,14+;. The van der Waals surface area contributed by atoms with Crippen LogP contribution >= 0.6 is 12.4 Å². The van der Waals surface area contributed by atoms with Gasteiger partial charge in [0.1, 0.15) is 0 Å². The van der Waals surface area contributed by atoms with E-state index in [0.29, 0.717) is 18.3 Å². The van der Waals surface area contributed by atoms with Crippen molar-refractivity contribution in [3.05, 3.63) is 0 Å². The lowest BCUT2D eigenvalue weighted by molar-refractivity contribution is -0.131. The normalized spacial score (nSPS) is 29.0. The summed E-state index contributed by atoms with van der Waals surface area (Å²) < 4.78 is 0. The zero-order valence-electron chi connectivity index (χ0n) is 13.3. The average molecular weight is 330 g/mol. The molecule has 2 heterocycles. The summed E-state index contributed by atoms with van der Waals surface area (Å²) in [5.74, 6) is 1.80. The van der Waals surface area contributed by atoms with Crippen LogP contribution in [0.2, 0.25) is 0 Å². The molecule has 2 aliphatic heterocycles. The molecule has 2 amide bonds. The lowest BCUT2D eigenvalue weighted by atomic mass is 10.0. The highest BCUT2D eigenvalue weighted by Gasteiger charge is 2.38. The van der Waals surface area contributed by atoms with Crippen LogP contribution in [0.4, 0.5) is 0 Å². The lowest BCUT2D eigenvalue weighted by Crippen LogP contribution is -2.41. The third-order valence-electron chi connectivity index (χ3n) is 5.34. The van der Waals surface area contributed by atoms with E-state index in [0.717, 1.165) is 51.9 Å². The summed E-state index contributed by atoms with van der Waals surface area (Å²) in [4.78, 5) is 26.4. The first-order valence-corrected chi connectivity index (χ1v) is 8.42. The fraction of sp³-hybridized carbons (Fsp3) is 0.875. The van der Waals surface area contributed by atoms with E-state index in [1.54, 1.807) is 0 Å². The highest BCUT2D eigenvalue weighted by atomic mass is 35.5. The van der Waals surface area contributed by atoms with E-state index < -0.39 is 0 Å². The molecule has 1 aliphatic carbocycles. The number of hydrogen-bond donors (Lipinski definition) is 2. The maximum Gasteiger partial charge on any atom is 0.224 e. The van der Waals surface area contributed by atoms with Crippen LogP contribution in [0.3, 0.4) is 0 Å². The first-order valence-electron chi connectivity index (χ1n) is 8.42. The Balaban J connectivity index is 0.00000176. The Morgan fingerprint density at radius 1 is 1.18 bits per heavy atom. The number of likely N-dealkylation sites (tertiary alicyclic amines) is 1. The molecule has 0 aromatic rings. The molecule has 0 radical (unpaired) electrons. The smallest absolute Gasteiger partial charge is 0.224 e. The van der Waals surface area contributed by atoms with Crippen LogP contribution in [-0.2, 0) is 9.59 Å². The van der Waals surface area contributed by atoms with Gasteiger partial charge in [-0.25, -0.2) is 0 Å². The maximum absolute atomic E-state index is 12.3. The van der Waals surface area contributed by atoms with Crippen molar-refractivity contribution in [3.8, 4) is 0 Å². The van der Waals surface area contributed by atoms with E-state index in [2.05, 4.69) is 10.6 Å². The predicted molar refractivity (Wildman–Crippen MR) is 87.9 cm³/mol. The van der Waals surface area contributed by atoms with Gasteiger partial charge in [-0.1, -0.05) is 12.8 Å². The van der Waals surface area contributed by atoms with Gasteiger partial charge in [0.05, 0.1) is 0 Å². The van der Waals surface area contributed by atoms with Gasteiger partial charge in [-0.05, 0) is 31.6 Å². The Hall–Kier alpha value is -0.810. The van der Waals surface area contributed by atoms with E-state index in [-0.39, 0.29) is 36.2 Å². The SMILES string of the molecule is CC(CC(=O)N1C[C@H]2CNC[C@H]2C1)NC(=O)C1CCCC1.Cl. The Bertz CT molecular complexity index is 400. The van der Waals surface area contributed by atoms with Crippen LogP contribution < -0.4 is 10.6 Å². The number of rotatable bonds is 4. The van der Waals surface area contributed by atoms with Crippen molar-refractivity contribution in [2.24, 2.45) is 17.8 Å². The molecule has 0 aromatic carbocycles. The van der Waals surface area contributed by atoms with E-state index in [1.165, 1.54) is 0 Å². The van der Waals surface area contributed by atoms with E-state index in [9.17, 15) is 9.59 Å². The zero-order chi connectivity index (χ0) is 14.8. The molecule has 5 nitrogen and oxygen atoms in total. The highest BCUT2D eigenvalue weighted by Crippen LogP contribution is 2.27. The number of nitrogens with zero attached hydrogens (tertiary/aromatic N) is 1. The van der Waals surface area contributed by atoms with Crippen molar-refractivity contribution in [1.29, 1.82) is 0 Å². The van der Waals surface area contributed by atoms with Gasteiger partial charge in [0, 0.05) is 44.6 Å². The second-order valence-corrected chi connectivity index (χ2v) is 7.07. The van der Waals surface area contributed by atoms with Crippen LogP contribution in [0.1, 0.15) is 39.0 Å². The van der Waals surface area contributed by atoms with E-state index >= 15 is 0 Å². The third-order valence-corrected chi connectivity index (χ3v) is 5.34. The molecule has 22 heavy (non-hydrogen) atoms. The Morgan fingerprint density at radius 2 is 1.77 bits per heavy atom. The van der Waals surface area contributed by atoms with E-state index in [1.807, 2.05) is 11.8 Å². The maximum atomic E-state index is 12.3. The van der Waals surface area contributed by atoms with Crippen LogP contribution in [0.15, 0.2) is 0 Å². The molecule has 3 atom stereocenters. The summed E-state index contributed by atoms with van der Waals surface area (Å²) in [5.41, 5.74) is 0. The van der Waals surface area contributed by atoms with Crippen molar-refractivity contribution in [2.45, 2.75) is 45.1 Å². The predicted octanol–water partition coefficient (Wildman–Crippen LogP) is 1.17. The number of halogens is 1. The van der Waals surface area contributed by atoms with Crippen molar-refractivity contribution in [3.63, 3.8) is 0 Å². The molecular formula is C16H28ClN3O2. The van der Waals surface area contributed by atoms with Gasteiger partial charge in [0.2, 0.25) is 11.8 Å². The van der Waals surface area contributed by atoms with Gasteiger partial charge >= 0.3 is 0 Å². The van der Waals surface area contributed by atoms with E-state index in [4.69, 9.17) is 0 Å². The van der Waals surface area contributed by atoms with Crippen LogP contribution in [-0.4, -0.2) is 48.9 Å². The molecule has 2 N–H and O–H groups in total. The molecule has 2 saturated heterocycles. The fourth-order valence-electron chi connectivity index (χ4n) is 4.05. The summed E-state index contributed by atoms with van der Waals surface area (Å²) in [7, 11) is 0. The first-order chi connectivity index (χ1) is 10.1. The summed E-state index contributed by atoms with van der Waals surface area (Å²) >= 11 is 0. The number of carbonyl (C=O) groups is 2. The number of amides is 2. The molecule has 3 aliphatic rings. The summed E-state index contributed by atoms with van der Waals surface area (Å²) in [6.45, 7) is 5.81. The van der Waals surface area contributed by atoms with Crippen LogP contribution in [0.5, 0.6) is 0 Å². The lowest BCUT2D eigenvalue weighted by Gasteiger charge is -2.21. The number of carbonyl (C=O) groups excluding carboxylic acids is 2. The van der Waals surface area contributed by atoms with Crippen molar-refractivity contribution < 1.29 is 9.59 Å². The van der Waals surface area contributed by atoms with Gasteiger partial charge in [-0.2, -0.15) is 0 Å². The van der Waals surface area contributed by atoms with Gasteiger partial charge in [0.15, 0.2) is 0 Å². The van der Waals surface area contributed by atoms with Gasteiger partial charge < -0.3 is 15.5 Å². The summed E-state index contributed by atoms with van der Waals surface area (Å²) in [5, 5.41) is 6.41. The molecule has 1 unspecified atom stereocenters. The van der Waals surface area contributed by atoms with Crippen molar-refractivity contribution >= 4 is 24.2 Å². The zero-order valence-corrected chi connectivity index (χ0v) is 14.2. The summed E-state index contributed by atoms with van der Waals surface area (Å²) in [6, 6.07) is -0.0517. The monoisotopic (exact) mass is 329 g/mol. The van der Waals surface area contributed by atoms with Crippen molar-refractivity contribution in [1.82, 2.24) is 15.5 Å². The molecule has 126 valence electrons. The van der Waals surface area contributed by atoms with Gasteiger partial charge in [-0.3, -0.25) is 9.59 Å². The van der Waals surface area contributed by atoms with Crippen molar-refractivity contribution in [2.75, 3.05) is 26.2 Å². The molecule has 6 heteroatoms. The topological polar surface area (TPSA) is 61.4 Å². The Kier molecular flexibility index (Phi) is 6.09. The highest BCUT2D eigenvalue weighted by molar-refractivity contribution is 5.85. The number of nitrogens with one attached hydrogen (secondary N) is 2. The Labute approximate surface area is 139 Å². The third kappa shape index (κ3) is 3.93. The quantitative estimate of drug-likeness (QED) is 0.814. The molecule has 3 rings (SSSR count). The molecule has 3 fully saturated rings. The molecule has 0 bridgehead atoms. The average Bonchev–Trinajstić information content (AvgIpc) is 3.15. The second-order valence-electron chi connectivity index (χ2n) is 7.07. The minimum Gasteiger partial charge on any atom is -0.353 e. The first kappa shape index (κ1) is 17.5. The summed E-state index contributed by atoms with van der Waals surface area (Å²) in [6.07, 6.45) is 4.78. The van der Waals surface area contributed by atoms with Crippen LogP contribution in [0, 0.1) is 17.8 Å². The fourth-order valence-corrected chi connectivity index (χ4v) is 4.05. The molecular weight excluding hydrogens is 302 g/mol. The Morgan fingerprint density at radius 3 is 2.36 bits per heavy atom. The second kappa shape index (κ2) is 7.64. The number of fused-ring (bicyclic) bond motifs is 1. The minimum atomic E-state index is -0.0517. The molecule has 1 saturated carbocycles. The number of hydrogen-bond acceptors (Lipinski definition) is 3.